The van der Waals surface area contributed by atoms with Gasteiger partial charge in [0.25, 0.3) is 0 Å². The van der Waals surface area contributed by atoms with Crippen LogP contribution in [0.3, 0.4) is 0 Å². The maximum absolute atomic E-state index is 5.63. The normalized spacial score (nSPS) is 15.7. The Morgan fingerprint density at radius 1 is 1.00 bits per heavy atom. The molecule has 2 aromatic carbocycles. The van der Waals surface area contributed by atoms with Crippen molar-refractivity contribution in [1.82, 2.24) is 5.32 Å². The van der Waals surface area contributed by atoms with Crippen LogP contribution in [0.2, 0.25) is 0 Å². The number of nitrogens with one attached hydrogen (secondary N) is 2. The van der Waals surface area contributed by atoms with E-state index in [1.807, 2.05) is 12.1 Å². The Kier molecular flexibility index (Phi) is 5.82. The van der Waals surface area contributed by atoms with Crippen LogP contribution in [0.15, 0.2) is 48.5 Å². The molecule has 0 unspecified atom stereocenters. The SMILES string of the molecule is COc1ccc(C2(NC(=S)Nc3ccc(C(C)C)cc3)CCCC2)cc1. The summed E-state index contributed by atoms with van der Waals surface area (Å²) in [7, 11) is 1.70. The molecule has 0 heterocycles. The summed E-state index contributed by atoms with van der Waals surface area (Å²) in [5.74, 6) is 1.42. The zero-order valence-electron chi connectivity index (χ0n) is 15.8. The van der Waals surface area contributed by atoms with E-state index in [-0.39, 0.29) is 5.54 Å². The molecule has 0 amide bonds. The van der Waals surface area contributed by atoms with Crippen molar-refractivity contribution in [2.24, 2.45) is 0 Å². The van der Waals surface area contributed by atoms with Gasteiger partial charge in [-0.2, -0.15) is 0 Å². The first-order chi connectivity index (χ1) is 12.5. The number of methoxy groups -OCH3 is 1. The van der Waals surface area contributed by atoms with Crippen LogP contribution in [0.4, 0.5) is 5.69 Å². The predicted octanol–water partition coefficient (Wildman–Crippen LogP) is 5.57. The van der Waals surface area contributed by atoms with E-state index >= 15 is 0 Å². The highest BCUT2D eigenvalue weighted by atomic mass is 32.1. The molecule has 3 rings (SSSR count). The lowest BCUT2D eigenvalue weighted by Gasteiger charge is -2.32. The van der Waals surface area contributed by atoms with E-state index in [0.717, 1.165) is 24.3 Å². The molecule has 0 atom stereocenters. The first-order valence-corrected chi connectivity index (χ1v) is 9.77. The van der Waals surface area contributed by atoms with Gasteiger partial charge in [0.1, 0.15) is 5.75 Å². The fourth-order valence-electron chi connectivity index (χ4n) is 3.71. The fourth-order valence-corrected chi connectivity index (χ4v) is 4.02. The van der Waals surface area contributed by atoms with Crippen molar-refractivity contribution in [3.05, 3.63) is 59.7 Å². The van der Waals surface area contributed by atoms with Crippen LogP contribution in [0.5, 0.6) is 5.75 Å². The standard InChI is InChI=1S/C22H28N2OS/c1-16(2)17-6-10-19(11-7-17)23-21(26)24-22(14-4-5-15-22)18-8-12-20(25-3)13-9-18/h6-13,16H,4-5,14-15H2,1-3H3,(H2,23,24,26). The summed E-state index contributed by atoms with van der Waals surface area (Å²) in [6.45, 7) is 4.40. The highest BCUT2D eigenvalue weighted by molar-refractivity contribution is 7.80. The van der Waals surface area contributed by atoms with Gasteiger partial charge in [-0.05, 0) is 66.4 Å². The predicted molar refractivity (Wildman–Crippen MR) is 113 cm³/mol. The van der Waals surface area contributed by atoms with E-state index < -0.39 is 0 Å². The molecule has 0 aliphatic heterocycles. The topological polar surface area (TPSA) is 33.3 Å². The first-order valence-electron chi connectivity index (χ1n) is 9.36. The maximum atomic E-state index is 5.63. The third-order valence-electron chi connectivity index (χ3n) is 5.29. The Balaban J connectivity index is 1.71. The quantitative estimate of drug-likeness (QED) is 0.676. The minimum absolute atomic E-state index is 0.0891. The van der Waals surface area contributed by atoms with Crippen molar-refractivity contribution in [2.75, 3.05) is 12.4 Å². The van der Waals surface area contributed by atoms with E-state index in [9.17, 15) is 0 Å². The smallest absolute Gasteiger partial charge is 0.171 e. The van der Waals surface area contributed by atoms with Gasteiger partial charge in [-0.25, -0.2) is 0 Å². The maximum Gasteiger partial charge on any atom is 0.171 e. The van der Waals surface area contributed by atoms with Gasteiger partial charge >= 0.3 is 0 Å². The molecule has 26 heavy (non-hydrogen) atoms. The second-order valence-electron chi connectivity index (χ2n) is 7.37. The number of anilines is 1. The number of thiocarbonyl (C=S) groups is 1. The molecule has 1 aliphatic carbocycles. The molecule has 2 aromatic rings. The Morgan fingerprint density at radius 3 is 2.15 bits per heavy atom. The van der Waals surface area contributed by atoms with E-state index in [4.69, 9.17) is 17.0 Å². The first kappa shape index (κ1) is 18.7. The van der Waals surface area contributed by atoms with Gasteiger partial charge < -0.3 is 15.4 Å². The summed E-state index contributed by atoms with van der Waals surface area (Å²) in [4.78, 5) is 0. The van der Waals surface area contributed by atoms with Crippen LogP contribution in [0, 0.1) is 0 Å². The Hall–Kier alpha value is -2.07. The second kappa shape index (κ2) is 8.09. The summed E-state index contributed by atoms with van der Waals surface area (Å²) in [5, 5.41) is 7.64. The highest BCUT2D eigenvalue weighted by Gasteiger charge is 2.36. The largest absolute Gasteiger partial charge is 0.497 e. The van der Waals surface area contributed by atoms with Crippen molar-refractivity contribution in [1.29, 1.82) is 0 Å². The molecule has 0 radical (unpaired) electrons. The number of rotatable bonds is 5. The van der Waals surface area contributed by atoms with E-state index in [2.05, 4.69) is 60.9 Å². The summed E-state index contributed by atoms with van der Waals surface area (Å²) in [6, 6.07) is 16.9. The van der Waals surface area contributed by atoms with Crippen LogP contribution < -0.4 is 15.4 Å². The number of hydrogen-bond donors (Lipinski definition) is 2. The molecular weight excluding hydrogens is 340 g/mol. The molecule has 0 bridgehead atoms. The number of ether oxygens (including phenoxy) is 1. The van der Waals surface area contributed by atoms with Gasteiger partial charge in [0.2, 0.25) is 0 Å². The highest BCUT2D eigenvalue weighted by Crippen LogP contribution is 2.39. The minimum atomic E-state index is -0.0891. The van der Waals surface area contributed by atoms with Crippen molar-refractivity contribution in [2.45, 2.75) is 51.0 Å². The number of hydrogen-bond acceptors (Lipinski definition) is 2. The molecular formula is C22H28N2OS. The van der Waals surface area contributed by atoms with E-state index in [1.165, 1.54) is 24.0 Å². The fraction of sp³-hybridized carbons (Fsp3) is 0.409. The van der Waals surface area contributed by atoms with Crippen molar-refractivity contribution in [3.63, 3.8) is 0 Å². The molecule has 3 nitrogen and oxygen atoms in total. The lowest BCUT2D eigenvalue weighted by molar-refractivity contribution is 0.401. The van der Waals surface area contributed by atoms with Gasteiger partial charge in [-0.3, -0.25) is 0 Å². The summed E-state index contributed by atoms with van der Waals surface area (Å²) >= 11 is 5.63. The van der Waals surface area contributed by atoms with Crippen molar-refractivity contribution < 1.29 is 4.74 Å². The van der Waals surface area contributed by atoms with Crippen LogP contribution in [-0.2, 0) is 5.54 Å². The molecule has 0 aromatic heterocycles. The molecule has 2 N–H and O–H groups in total. The van der Waals surface area contributed by atoms with Gasteiger partial charge in [0.05, 0.1) is 12.6 Å². The van der Waals surface area contributed by atoms with Crippen molar-refractivity contribution >= 4 is 23.0 Å². The molecule has 138 valence electrons. The van der Waals surface area contributed by atoms with Gasteiger partial charge in [0, 0.05) is 5.69 Å². The van der Waals surface area contributed by atoms with Gasteiger partial charge in [0.15, 0.2) is 5.11 Å². The summed E-state index contributed by atoms with van der Waals surface area (Å²) in [6.07, 6.45) is 4.61. The molecule has 1 aliphatic rings. The lowest BCUT2D eigenvalue weighted by Crippen LogP contribution is -2.45. The zero-order valence-corrected chi connectivity index (χ0v) is 16.7. The van der Waals surface area contributed by atoms with Crippen LogP contribution in [-0.4, -0.2) is 12.2 Å². The number of benzene rings is 2. The third-order valence-corrected chi connectivity index (χ3v) is 5.49. The average molecular weight is 369 g/mol. The minimum Gasteiger partial charge on any atom is -0.497 e. The molecule has 4 heteroatoms. The summed E-state index contributed by atoms with van der Waals surface area (Å²) in [5.41, 5.74) is 3.54. The van der Waals surface area contributed by atoms with Crippen LogP contribution >= 0.6 is 12.2 Å². The zero-order chi connectivity index (χ0) is 18.6. The summed E-state index contributed by atoms with van der Waals surface area (Å²) < 4.78 is 5.29. The van der Waals surface area contributed by atoms with Crippen LogP contribution in [0.25, 0.3) is 0 Å². The van der Waals surface area contributed by atoms with Gasteiger partial charge in [-0.15, -0.1) is 0 Å². The van der Waals surface area contributed by atoms with Crippen LogP contribution in [0.1, 0.15) is 56.6 Å². The third kappa shape index (κ3) is 4.18. The van der Waals surface area contributed by atoms with E-state index in [1.54, 1.807) is 7.11 Å². The van der Waals surface area contributed by atoms with E-state index in [0.29, 0.717) is 11.0 Å². The monoisotopic (exact) mass is 368 g/mol. The molecule has 0 spiro atoms. The van der Waals surface area contributed by atoms with Crippen molar-refractivity contribution in [3.8, 4) is 5.75 Å². The Labute approximate surface area is 162 Å². The molecule has 1 saturated carbocycles. The molecule has 1 fully saturated rings. The average Bonchev–Trinajstić information content (AvgIpc) is 3.11. The Bertz CT molecular complexity index is 732. The second-order valence-corrected chi connectivity index (χ2v) is 7.78. The molecule has 0 saturated heterocycles. The Morgan fingerprint density at radius 2 is 1.62 bits per heavy atom. The van der Waals surface area contributed by atoms with Gasteiger partial charge in [-0.1, -0.05) is 51.0 Å². The lowest BCUT2D eigenvalue weighted by atomic mass is 9.88.